The summed E-state index contributed by atoms with van der Waals surface area (Å²) in [6.07, 6.45) is 0. The van der Waals surface area contributed by atoms with Crippen LogP contribution in [0.15, 0.2) is 59.6 Å². The molecule has 6 nitrogen and oxygen atoms in total. The maximum absolute atomic E-state index is 12.2. The number of anilines is 1. The van der Waals surface area contributed by atoms with E-state index in [2.05, 4.69) is 4.99 Å². The Labute approximate surface area is 174 Å². The van der Waals surface area contributed by atoms with Crippen LogP contribution in [0.1, 0.15) is 13.8 Å². The van der Waals surface area contributed by atoms with E-state index in [0.717, 1.165) is 11.4 Å². The molecule has 2 aromatic carbocycles. The average molecular weight is 431 g/mol. The summed E-state index contributed by atoms with van der Waals surface area (Å²) in [6.45, 7) is 3.61. The molecule has 0 radical (unpaired) electrons. The zero-order valence-corrected chi connectivity index (χ0v) is 17.8. The second kappa shape index (κ2) is 7.84. The summed E-state index contributed by atoms with van der Waals surface area (Å²) in [7, 11) is -3.09. The summed E-state index contributed by atoms with van der Waals surface area (Å²) in [5, 5.41) is 0.462. The molecule has 1 amide bonds. The second-order valence-electron chi connectivity index (χ2n) is 7.47. The van der Waals surface area contributed by atoms with Gasteiger partial charge in [0.05, 0.1) is 17.5 Å². The molecule has 2 saturated heterocycles. The molecule has 0 N–H and O–H groups in total. The van der Waals surface area contributed by atoms with Gasteiger partial charge in [0.2, 0.25) is 0 Å². The van der Waals surface area contributed by atoms with Gasteiger partial charge in [-0.3, -0.25) is 4.79 Å². The molecule has 0 saturated carbocycles. The molecule has 29 heavy (non-hydrogen) atoms. The molecule has 2 unspecified atom stereocenters. The number of nitrogens with zero attached hydrogens (tertiary/aromatic N) is 2. The molecule has 0 bridgehead atoms. The highest BCUT2D eigenvalue weighted by molar-refractivity contribution is 8.16. The lowest BCUT2D eigenvalue weighted by Crippen LogP contribution is -2.37. The Morgan fingerprint density at radius 3 is 2.38 bits per heavy atom. The Morgan fingerprint density at radius 1 is 1.07 bits per heavy atom. The topological polar surface area (TPSA) is 76.0 Å². The number of benzene rings is 2. The quantitative estimate of drug-likeness (QED) is 0.736. The van der Waals surface area contributed by atoms with Crippen molar-refractivity contribution in [3.05, 3.63) is 54.6 Å². The molecule has 2 aliphatic rings. The minimum absolute atomic E-state index is 0.0713. The highest BCUT2D eigenvalue weighted by Crippen LogP contribution is 2.41. The van der Waals surface area contributed by atoms with E-state index in [4.69, 9.17) is 4.74 Å². The van der Waals surface area contributed by atoms with Crippen LogP contribution in [0.3, 0.4) is 0 Å². The summed E-state index contributed by atoms with van der Waals surface area (Å²) in [4.78, 5) is 18.4. The highest BCUT2D eigenvalue weighted by Gasteiger charge is 2.49. The van der Waals surface area contributed by atoms with Gasteiger partial charge in [-0.1, -0.05) is 43.8 Å². The smallest absolute Gasteiger partial charge is 0.250 e. The van der Waals surface area contributed by atoms with E-state index in [9.17, 15) is 13.2 Å². The van der Waals surface area contributed by atoms with Crippen LogP contribution in [0.5, 0.6) is 11.5 Å². The van der Waals surface area contributed by atoms with Crippen molar-refractivity contribution in [2.45, 2.75) is 25.1 Å². The average Bonchev–Trinajstić information content (AvgIpc) is 3.14. The lowest BCUT2D eigenvalue weighted by Gasteiger charge is -2.24. The van der Waals surface area contributed by atoms with E-state index >= 15 is 0 Å². The van der Waals surface area contributed by atoms with Gasteiger partial charge in [-0.15, -0.1) is 0 Å². The number of sulfone groups is 1. The number of amides is 1. The number of ether oxygens (including phenoxy) is 1. The van der Waals surface area contributed by atoms with Gasteiger partial charge in [0.25, 0.3) is 5.91 Å². The number of aliphatic imine (C=N–C) groups is 1. The van der Waals surface area contributed by atoms with Crippen molar-refractivity contribution in [1.29, 1.82) is 0 Å². The molecule has 2 aromatic rings. The molecule has 2 heterocycles. The summed E-state index contributed by atoms with van der Waals surface area (Å²) in [5.74, 6) is 1.19. The summed E-state index contributed by atoms with van der Waals surface area (Å²) >= 11 is 1.38. The number of hydrogen-bond acceptors (Lipinski definition) is 5. The van der Waals surface area contributed by atoms with Crippen LogP contribution in [-0.4, -0.2) is 42.3 Å². The fourth-order valence-electron chi connectivity index (χ4n) is 3.39. The minimum atomic E-state index is -3.09. The Kier molecular flexibility index (Phi) is 5.40. The first kappa shape index (κ1) is 20.0. The van der Waals surface area contributed by atoms with Crippen LogP contribution in [0.2, 0.25) is 0 Å². The van der Waals surface area contributed by atoms with Crippen LogP contribution < -0.4 is 9.64 Å². The summed E-state index contributed by atoms with van der Waals surface area (Å²) in [6, 6.07) is 16.7. The van der Waals surface area contributed by atoms with E-state index in [0.29, 0.717) is 10.9 Å². The molecular formula is C21H22N2O4S2. The third kappa shape index (κ3) is 4.33. The lowest BCUT2D eigenvalue weighted by atomic mass is 10.2. The first-order valence-electron chi connectivity index (χ1n) is 9.44. The molecule has 4 rings (SSSR count). The number of amidine groups is 1. The van der Waals surface area contributed by atoms with E-state index in [1.54, 1.807) is 13.8 Å². The minimum Gasteiger partial charge on any atom is -0.457 e. The molecular weight excluding hydrogens is 408 g/mol. The predicted molar refractivity (Wildman–Crippen MR) is 117 cm³/mol. The Morgan fingerprint density at radius 2 is 1.72 bits per heavy atom. The molecule has 0 aromatic heterocycles. The van der Waals surface area contributed by atoms with Gasteiger partial charge < -0.3 is 9.64 Å². The zero-order valence-electron chi connectivity index (χ0n) is 16.2. The summed E-state index contributed by atoms with van der Waals surface area (Å²) in [5.41, 5.74) is 0.804. The fourth-order valence-corrected chi connectivity index (χ4v) is 7.31. The Hall–Kier alpha value is -2.32. The number of rotatable bonds is 4. The molecule has 152 valence electrons. The zero-order chi connectivity index (χ0) is 20.6. The third-order valence-electron chi connectivity index (χ3n) is 4.86. The third-order valence-corrected chi connectivity index (χ3v) is 8.07. The van der Waals surface area contributed by atoms with Crippen molar-refractivity contribution in [3.63, 3.8) is 0 Å². The maximum Gasteiger partial charge on any atom is 0.250 e. The maximum atomic E-state index is 12.2. The first-order valence-corrected chi connectivity index (χ1v) is 12.1. The van der Waals surface area contributed by atoms with Crippen molar-refractivity contribution in [2.75, 3.05) is 16.4 Å². The summed E-state index contributed by atoms with van der Waals surface area (Å²) < 4.78 is 30.1. The van der Waals surface area contributed by atoms with Crippen LogP contribution >= 0.6 is 11.8 Å². The fraction of sp³-hybridized carbons (Fsp3) is 0.333. The molecule has 0 aliphatic carbocycles. The highest BCUT2D eigenvalue weighted by atomic mass is 32.2. The van der Waals surface area contributed by atoms with Gasteiger partial charge >= 0.3 is 0 Å². The normalized spacial score (nSPS) is 24.1. The Bertz CT molecular complexity index is 1030. The van der Waals surface area contributed by atoms with Crippen molar-refractivity contribution in [1.82, 2.24) is 0 Å². The predicted octanol–water partition coefficient (Wildman–Crippen LogP) is 3.74. The first-order chi connectivity index (χ1) is 13.8. The van der Waals surface area contributed by atoms with Crippen molar-refractivity contribution in [2.24, 2.45) is 10.9 Å². The van der Waals surface area contributed by atoms with Gasteiger partial charge in [0.1, 0.15) is 11.5 Å². The number of thioether (sulfide) groups is 1. The standard InChI is InChI=1S/C21H22N2O4S2/c1-14(2)20(24)22-21-23(18-12-29(25,26)13-19(18)28-21)15-8-10-17(11-9-15)27-16-6-4-3-5-7-16/h3-11,14,18-19H,12-13H2,1-2H3. The molecule has 8 heteroatoms. The molecule has 2 atom stereocenters. The van der Waals surface area contributed by atoms with E-state index < -0.39 is 9.84 Å². The number of fused-ring (bicyclic) bond motifs is 1. The van der Waals surface area contributed by atoms with E-state index in [1.165, 1.54) is 11.8 Å². The Balaban J connectivity index is 1.63. The molecule has 2 aliphatic heterocycles. The number of carbonyl (C=O) groups excluding carboxylic acids is 1. The molecule has 2 fully saturated rings. The lowest BCUT2D eigenvalue weighted by molar-refractivity contribution is -0.120. The van der Waals surface area contributed by atoms with Gasteiger partial charge in [-0.05, 0) is 36.4 Å². The SMILES string of the molecule is CC(C)C(=O)N=C1SC2CS(=O)(=O)CC2N1c1ccc(Oc2ccccc2)cc1. The van der Waals surface area contributed by atoms with Gasteiger partial charge in [-0.2, -0.15) is 4.99 Å². The largest absolute Gasteiger partial charge is 0.457 e. The van der Waals surface area contributed by atoms with Crippen LogP contribution in [-0.2, 0) is 14.6 Å². The number of hydrogen-bond donors (Lipinski definition) is 0. The van der Waals surface area contributed by atoms with Crippen molar-refractivity contribution in [3.8, 4) is 11.5 Å². The van der Waals surface area contributed by atoms with Gasteiger partial charge in [0.15, 0.2) is 15.0 Å². The van der Waals surface area contributed by atoms with Crippen molar-refractivity contribution < 1.29 is 17.9 Å². The van der Waals surface area contributed by atoms with E-state index in [-0.39, 0.29) is 34.6 Å². The van der Waals surface area contributed by atoms with Gasteiger partial charge in [-0.25, -0.2) is 8.42 Å². The monoisotopic (exact) mass is 430 g/mol. The number of carbonyl (C=O) groups is 1. The van der Waals surface area contributed by atoms with Crippen LogP contribution in [0, 0.1) is 5.92 Å². The number of para-hydroxylation sites is 1. The van der Waals surface area contributed by atoms with Gasteiger partial charge in [0, 0.05) is 16.9 Å². The van der Waals surface area contributed by atoms with Crippen LogP contribution in [0.4, 0.5) is 5.69 Å². The second-order valence-corrected chi connectivity index (χ2v) is 10.8. The van der Waals surface area contributed by atoms with Crippen molar-refractivity contribution >= 4 is 38.4 Å². The molecule has 0 spiro atoms. The van der Waals surface area contributed by atoms with E-state index in [1.807, 2.05) is 59.5 Å². The van der Waals surface area contributed by atoms with Crippen LogP contribution in [0.25, 0.3) is 0 Å².